The molecule has 5 heteroatoms. The van der Waals surface area contributed by atoms with Crippen LogP contribution in [-0.2, 0) is 4.79 Å². The Kier molecular flexibility index (Phi) is 4.73. The van der Waals surface area contributed by atoms with E-state index in [1.807, 2.05) is 0 Å². The lowest BCUT2D eigenvalue weighted by atomic mass is 10.1. The van der Waals surface area contributed by atoms with Crippen LogP contribution < -0.4 is 0 Å². The van der Waals surface area contributed by atoms with Crippen LogP contribution in [0.25, 0.3) is 0 Å². The van der Waals surface area contributed by atoms with Crippen LogP contribution in [0.15, 0.2) is 18.2 Å². The molecule has 17 heavy (non-hydrogen) atoms. The molecule has 1 rings (SSSR count). The Bertz CT molecular complexity index is 514. The molecule has 0 aliphatic carbocycles. The van der Waals surface area contributed by atoms with E-state index in [1.165, 1.54) is 25.1 Å². The van der Waals surface area contributed by atoms with Crippen LogP contribution in [0, 0.1) is 17.7 Å². The Morgan fingerprint density at radius 2 is 2.18 bits per heavy atom. The van der Waals surface area contributed by atoms with Crippen molar-refractivity contribution in [2.45, 2.75) is 6.92 Å². The summed E-state index contributed by atoms with van der Waals surface area (Å²) in [5.41, 5.74) is -0.384. The number of aromatic carboxylic acids is 1. The van der Waals surface area contributed by atoms with Gasteiger partial charge in [-0.25, -0.2) is 9.18 Å². The van der Waals surface area contributed by atoms with Crippen molar-refractivity contribution in [3.05, 3.63) is 35.1 Å². The Morgan fingerprint density at radius 3 is 2.76 bits per heavy atom. The van der Waals surface area contributed by atoms with E-state index in [-0.39, 0.29) is 16.4 Å². The van der Waals surface area contributed by atoms with E-state index in [1.54, 1.807) is 0 Å². The first-order chi connectivity index (χ1) is 8.02. The molecule has 3 nitrogen and oxygen atoms in total. The minimum absolute atomic E-state index is 0.0223. The summed E-state index contributed by atoms with van der Waals surface area (Å²) in [4.78, 5) is 21.3. The number of carboxylic acids is 1. The normalized spacial score (nSPS) is 9.29. The van der Waals surface area contributed by atoms with Crippen LogP contribution >= 0.6 is 11.8 Å². The molecule has 0 radical (unpaired) electrons. The number of hydrogen-bond donors (Lipinski definition) is 1. The number of rotatable bonds is 2. The second kappa shape index (κ2) is 6.06. The minimum atomic E-state index is -1.33. The van der Waals surface area contributed by atoms with E-state index in [4.69, 9.17) is 5.11 Å². The first kappa shape index (κ1) is 13.3. The van der Waals surface area contributed by atoms with Crippen molar-refractivity contribution >= 4 is 22.8 Å². The van der Waals surface area contributed by atoms with E-state index < -0.39 is 17.3 Å². The highest BCUT2D eigenvalue weighted by atomic mass is 32.2. The molecule has 1 aromatic rings. The number of halogens is 1. The predicted octanol–water partition coefficient (Wildman–Crippen LogP) is 2.16. The molecule has 1 N–H and O–H groups in total. The maximum Gasteiger partial charge on any atom is 0.338 e. The molecule has 0 spiro atoms. The second-order valence-electron chi connectivity index (χ2n) is 3.05. The molecule has 0 aliphatic heterocycles. The largest absolute Gasteiger partial charge is 0.478 e. The minimum Gasteiger partial charge on any atom is -0.478 e. The predicted molar refractivity (Wildman–Crippen MR) is 63.4 cm³/mol. The van der Waals surface area contributed by atoms with E-state index in [2.05, 4.69) is 11.8 Å². The van der Waals surface area contributed by atoms with E-state index in [0.717, 1.165) is 11.8 Å². The zero-order valence-corrected chi connectivity index (χ0v) is 9.81. The van der Waals surface area contributed by atoms with Gasteiger partial charge in [-0.05, 0) is 12.1 Å². The fourth-order valence-corrected chi connectivity index (χ4v) is 1.41. The Hall–Kier alpha value is -1.80. The molecule has 0 aliphatic rings. The Morgan fingerprint density at radius 1 is 1.47 bits per heavy atom. The number of benzene rings is 1. The number of hydrogen-bond acceptors (Lipinski definition) is 3. The van der Waals surface area contributed by atoms with Gasteiger partial charge in [-0.15, -0.1) is 0 Å². The summed E-state index contributed by atoms with van der Waals surface area (Å²) in [7, 11) is 0. The lowest BCUT2D eigenvalue weighted by molar-refractivity contribution is -0.109. The quantitative estimate of drug-likeness (QED) is 0.819. The third-order valence-electron chi connectivity index (χ3n) is 1.80. The van der Waals surface area contributed by atoms with Crippen molar-refractivity contribution in [2.75, 3.05) is 5.75 Å². The number of carboxylic acid groups (broad SMARTS) is 1. The molecule has 0 heterocycles. The molecule has 1 aromatic carbocycles. The zero-order valence-electron chi connectivity index (χ0n) is 8.99. The monoisotopic (exact) mass is 252 g/mol. The summed E-state index contributed by atoms with van der Waals surface area (Å²) in [6.07, 6.45) is 0. The number of carbonyl (C=O) groups excluding carboxylic acids is 1. The summed E-state index contributed by atoms with van der Waals surface area (Å²) in [5, 5.41) is 8.63. The van der Waals surface area contributed by atoms with Crippen LogP contribution in [0.3, 0.4) is 0 Å². The molecule has 0 aromatic heterocycles. The van der Waals surface area contributed by atoms with Crippen LogP contribution in [0.2, 0.25) is 0 Å². The van der Waals surface area contributed by atoms with Gasteiger partial charge in [-0.3, -0.25) is 4.79 Å². The van der Waals surface area contributed by atoms with Crippen LogP contribution in [-0.4, -0.2) is 21.9 Å². The lowest BCUT2D eigenvalue weighted by Gasteiger charge is -1.98. The van der Waals surface area contributed by atoms with Crippen LogP contribution in [0.4, 0.5) is 4.39 Å². The SMILES string of the molecule is CC(=O)SCC#Cc1cccc(C(=O)O)c1F. The molecular formula is C12H9FO3S. The van der Waals surface area contributed by atoms with Gasteiger partial charge in [0.05, 0.1) is 16.9 Å². The Balaban J connectivity index is 2.88. The summed E-state index contributed by atoms with van der Waals surface area (Å²) in [5.74, 6) is 3.18. The van der Waals surface area contributed by atoms with Gasteiger partial charge >= 0.3 is 5.97 Å². The highest BCUT2D eigenvalue weighted by molar-refractivity contribution is 8.13. The van der Waals surface area contributed by atoms with E-state index in [0.29, 0.717) is 0 Å². The number of carbonyl (C=O) groups is 2. The van der Waals surface area contributed by atoms with Gasteiger partial charge in [-0.1, -0.05) is 29.7 Å². The molecule has 0 amide bonds. The molecule has 0 fully saturated rings. The van der Waals surface area contributed by atoms with Gasteiger partial charge < -0.3 is 5.11 Å². The van der Waals surface area contributed by atoms with Gasteiger partial charge in [0.25, 0.3) is 0 Å². The highest BCUT2D eigenvalue weighted by Crippen LogP contribution is 2.12. The topological polar surface area (TPSA) is 54.4 Å². The van der Waals surface area contributed by atoms with Crippen molar-refractivity contribution in [2.24, 2.45) is 0 Å². The summed E-state index contributed by atoms with van der Waals surface area (Å²) < 4.78 is 13.6. The van der Waals surface area contributed by atoms with E-state index in [9.17, 15) is 14.0 Å². The van der Waals surface area contributed by atoms with Gasteiger partial charge in [0, 0.05) is 6.92 Å². The molecule has 0 atom stereocenters. The molecule has 0 saturated heterocycles. The zero-order chi connectivity index (χ0) is 12.8. The molecular weight excluding hydrogens is 243 g/mol. The van der Waals surface area contributed by atoms with Crippen molar-refractivity contribution in [3.8, 4) is 11.8 Å². The maximum atomic E-state index is 13.6. The van der Waals surface area contributed by atoms with Crippen LogP contribution in [0.1, 0.15) is 22.8 Å². The van der Waals surface area contributed by atoms with E-state index >= 15 is 0 Å². The first-order valence-corrected chi connectivity index (χ1v) is 5.65. The standard InChI is InChI=1S/C12H9FO3S/c1-8(14)17-7-3-5-9-4-2-6-10(11(9)13)12(15)16/h2,4,6H,7H2,1H3,(H,15,16). The van der Waals surface area contributed by atoms with Gasteiger partial charge in [0.1, 0.15) is 0 Å². The Labute approximate surface area is 102 Å². The van der Waals surface area contributed by atoms with Crippen molar-refractivity contribution < 1.29 is 19.1 Å². The lowest BCUT2D eigenvalue weighted by Crippen LogP contribution is -2.01. The van der Waals surface area contributed by atoms with Crippen molar-refractivity contribution in [1.29, 1.82) is 0 Å². The smallest absolute Gasteiger partial charge is 0.338 e. The maximum absolute atomic E-state index is 13.6. The van der Waals surface area contributed by atoms with Crippen molar-refractivity contribution in [1.82, 2.24) is 0 Å². The average Bonchev–Trinajstić information content (AvgIpc) is 2.25. The first-order valence-electron chi connectivity index (χ1n) is 4.66. The second-order valence-corrected chi connectivity index (χ2v) is 4.21. The van der Waals surface area contributed by atoms with Gasteiger partial charge in [-0.2, -0.15) is 0 Å². The highest BCUT2D eigenvalue weighted by Gasteiger charge is 2.11. The molecule has 0 saturated carbocycles. The van der Waals surface area contributed by atoms with Crippen molar-refractivity contribution in [3.63, 3.8) is 0 Å². The third-order valence-corrected chi connectivity index (χ3v) is 2.49. The summed E-state index contributed by atoms with van der Waals surface area (Å²) in [6.45, 7) is 1.41. The fraction of sp³-hybridized carbons (Fsp3) is 0.167. The summed E-state index contributed by atoms with van der Waals surface area (Å²) in [6, 6.07) is 4.00. The van der Waals surface area contributed by atoms with Gasteiger partial charge in [0.15, 0.2) is 10.9 Å². The fourth-order valence-electron chi connectivity index (χ4n) is 1.06. The van der Waals surface area contributed by atoms with Gasteiger partial charge in [0.2, 0.25) is 0 Å². The summed E-state index contributed by atoms with van der Waals surface area (Å²) >= 11 is 1.02. The average molecular weight is 252 g/mol. The molecule has 0 bridgehead atoms. The molecule has 0 unspecified atom stereocenters. The van der Waals surface area contributed by atoms with Crippen LogP contribution in [0.5, 0.6) is 0 Å². The molecule has 88 valence electrons. The third kappa shape index (κ3) is 3.93. The number of thioether (sulfide) groups is 1.